The predicted octanol–water partition coefficient (Wildman–Crippen LogP) is 2.97. The number of amides is 4. The Bertz CT molecular complexity index is 1150. The van der Waals surface area contributed by atoms with Crippen LogP contribution in [-0.2, 0) is 22.7 Å². The summed E-state index contributed by atoms with van der Waals surface area (Å²) >= 11 is 1.46. The van der Waals surface area contributed by atoms with Gasteiger partial charge in [-0.3, -0.25) is 24.3 Å². The van der Waals surface area contributed by atoms with Crippen molar-refractivity contribution < 1.29 is 14.4 Å². The SMILES string of the molecule is O=C1C(=O)N(CN2CCN(Cc3cccc4ccccc34)CC2)C(=O)N1Cc1cccs1. The van der Waals surface area contributed by atoms with Gasteiger partial charge in [-0.05, 0) is 27.8 Å². The quantitative estimate of drug-likeness (QED) is 0.429. The molecule has 8 heteroatoms. The molecule has 0 N–H and O–H groups in total. The van der Waals surface area contributed by atoms with Crippen LogP contribution in [0, 0.1) is 0 Å². The minimum Gasteiger partial charge on any atom is -0.297 e. The van der Waals surface area contributed by atoms with Crippen molar-refractivity contribution in [3.63, 3.8) is 0 Å². The molecule has 3 heterocycles. The summed E-state index contributed by atoms with van der Waals surface area (Å²) in [6, 6.07) is 18.0. The van der Waals surface area contributed by atoms with Gasteiger partial charge >= 0.3 is 17.8 Å². The summed E-state index contributed by atoms with van der Waals surface area (Å²) in [4.78, 5) is 45.0. The third-order valence-electron chi connectivity index (χ3n) is 6.11. The fourth-order valence-corrected chi connectivity index (χ4v) is 5.03. The van der Waals surface area contributed by atoms with Gasteiger partial charge in [0, 0.05) is 37.6 Å². The van der Waals surface area contributed by atoms with E-state index in [4.69, 9.17) is 0 Å². The number of thiophene rings is 1. The zero-order chi connectivity index (χ0) is 22.1. The van der Waals surface area contributed by atoms with Crippen LogP contribution in [0.1, 0.15) is 10.4 Å². The average Bonchev–Trinajstić information content (AvgIpc) is 3.40. The van der Waals surface area contributed by atoms with E-state index in [1.807, 2.05) is 17.5 Å². The Morgan fingerprint density at radius 1 is 0.719 bits per heavy atom. The first-order valence-corrected chi connectivity index (χ1v) is 11.6. The molecule has 2 aliphatic heterocycles. The van der Waals surface area contributed by atoms with E-state index in [0.717, 1.165) is 47.4 Å². The Hall–Kier alpha value is -3.07. The number of fused-ring (bicyclic) bond motifs is 1. The fourth-order valence-electron chi connectivity index (χ4n) is 4.33. The lowest BCUT2D eigenvalue weighted by atomic mass is 10.0. The molecule has 0 bridgehead atoms. The van der Waals surface area contributed by atoms with E-state index in [1.165, 1.54) is 27.7 Å². The van der Waals surface area contributed by atoms with Gasteiger partial charge in [-0.1, -0.05) is 48.5 Å². The van der Waals surface area contributed by atoms with Crippen molar-refractivity contribution in [2.45, 2.75) is 13.1 Å². The van der Waals surface area contributed by atoms with Gasteiger partial charge in [0.15, 0.2) is 0 Å². The van der Waals surface area contributed by atoms with Gasteiger partial charge in [0.2, 0.25) is 0 Å². The average molecular weight is 449 g/mol. The van der Waals surface area contributed by atoms with Gasteiger partial charge in [0.25, 0.3) is 0 Å². The number of carbonyl (C=O) groups excluding carboxylic acids is 3. The molecule has 0 atom stereocenters. The standard InChI is InChI=1S/C24H24N4O3S/c29-22-23(30)28(24(31)27(22)16-20-8-4-14-32-20)17-26-12-10-25(11-13-26)15-19-7-3-6-18-5-1-2-9-21(18)19/h1-9,14H,10-13,15-17H2. The van der Waals surface area contributed by atoms with Crippen molar-refractivity contribution in [2.75, 3.05) is 32.8 Å². The van der Waals surface area contributed by atoms with Gasteiger partial charge in [0.1, 0.15) is 0 Å². The zero-order valence-electron chi connectivity index (χ0n) is 17.6. The van der Waals surface area contributed by atoms with Gasteiger partial charge in [-0.2, -0.15) is 0 Å². The molecule has 0 saturated carbocycles. The summed E-state index contributed by atoms with van der Waals surface area (Å²) in [7, 11) is 0. The van der Waals surface area contributed by atoms with E-state index in [-0.39, 0.29) is 13.2 Å². The topological polar surface area (TPSA) is 64.2 Å². The van der Waals surface area contributed by atoms with Crippen molar-refractivity contribution in [2.24, 2.45) is 0 Å². The summed E-state index contributed by atoms with van der Waals surface area (Å²) in [6.07, 6.45) is 0. The van der Waals surface area contributed by atoms with E-state index in [2.05, 4.69) is 52.3 Å². The second-order valence-corrected chi connectivity index (χ2v) is 9.19. The summed E-state index contributed by atoms with van der Waals surface area (Å²) in [5.41, 5.74) is 1.30. The lowest BCUT2D eigenvalue weighted by molar-refractivity contribution is -0.144. The minimum atomic E-state index is -0.738. The Kier molecular flexibility index (Phi) is 5.73. The van der Waals surface area contributed by atoms with Crippen molar-refractivity contribution in [1.29, 1.82) is 0 Å². The van der Waals surface area contributed by atoms with Crippen LogP contribution in [0.25, 0.3) is 10.8 Å². The highest BCUT2D eigenvalue weighted by atomic mass is 32.1. The van der Waals surface area contributed by atoms with Crippen molar-refractivity contribution >= 4 is 40.0 Å². The fraction of sp³-hybridized carbons (Fsp3) is 0.292. The second-order valence-electron chi connectivity index (χ2n) is 8.16. The van der Waals surface area contributed by atoms with E-state index in [1.54, 1.807) is 0 Å². The molecule has 0 aliphatic carbocycles. The second kappa shape index (κ2) is 8.82. The lowest BCUT2D eigenvalue weighted by Gasteiger charge is -2.36. The van der Waals surface area contributed by atoms with Gasteiger partial charge < -0.3 is 0 Å². The third kappa shape index (κ3) is 4.04. The zero-order valence-corrected chi connectivity index (χ0v) is 18.5. The van der Waals surface area contributed by atoms with Crippen LogP contribution in [0.2, 0.25) is 0 Å². The first kappa shape index (κ1) is 20.8. The van der Waals surface area contributed by atoms with Crippen LogP contribution in [0.5, 0.6) is 0 Å². The molecule has 0 radical (unpaired) electrons. The highest BCUT2D eigenvalue weighted by Crippen LogP contribution is 2.22. The molecule has 5 rings (SSSR count). The van der Waals surface area contributed by atoms with Crippen LogP contribution in [-0.4, -0.2) is 70.3 Å². The monoisotopic (exact) mass is 448 g/mol. The van der Waals surface area contributed by atoms with Crippen LogP contribution < -0.4 is 0 Å². The van der Waals surface area contributed by atoms with Gasteiger partial charge in [-0.25, -0.2) is 9.69 Å². The van der Waals surface area contributed by atoms with Crippen LogP contribution in [0.3, 0.4) is 0 Å². The number of rotatable bonds is 6. The molecular formula is C24H24N4O3S. The molecule has 1 aromatic heterocycles. The molecular weight excluding hydrogens is 424 g/mol. The number of carbonyl (C=O) groups is 3. The molecule has 7 nitrogen and oxygen atoms in total. The lowest BCUT2D eigenvalue weighted by Crippen LogP contribution is -2.51. The maximum absolute atomic E-state index is 12.7. The largest absolute Gasteiger partial charge is 0.335 e. The maximum atomic E-state index is 12.7. The number of piperazine rings is 1. The van der Waals surface area contributed by atoms with E-state index < -0.39 is 17.8 Å². The summed E-state index contributed by atoms with van der Waals surface area (Å²) in [6.45, 7) is 4.33. The Morgan fingerprint density at radius 2 is 1.44 bits per heavy atom. The van der Waals surface area contributed by atoms with Crippen LogP contribution in [0.4, 0.5) is 4.79 Å². The van der Waals surface area contributed by atoms with Gasteiger partial charge in [-0.15, -0.1) is 11.3 Å². The molecule has 164 valence electrons. The van der Waals surface area contributed by atoms with Crippen LogP contribution >= 0.6 is 11.3 Å². The molecule has 2 aliphatic rings. The molecule has 0 spiro atoms. The molecule has 2 fully saturated rings. The maximum Gasteiger partial charge on any atom is 0.335 e. The summed E-state index contributed by atoms with van der Waals surface area (Å²) < 4.78 is 0. The number of benzene rings is 2. The molecule has 0 unspecified atom stereocenters. The van der Waals surface area contributed by atoms with Crippen molar-refractivity contribution in [3.05, 3.63) is 70.4 Å². The first-order valence-electron chi connectivity index (χ1n) is 10.7. The smallest absolute Gasteiger partial charge is 0.297 e. The van der Waals surface area contributed by atoms with Crippen molar-refractivity contribution in [3.8, 4) is 0 Å². The number of nitrogens with zero attached hydrogens (tertiary/aromatic N) is 4. The Morgan fingerprint density at radius 3 is 2.22 bits per heavy atom. The third-order valence-corrected chi connectivity index (χ3v) is 6.97. The first-order chi connectivity index (χ1) is 15.6. The molecule has 4 amide bonds. The minimum absolute atomic E-state index is 0.149. The number of hydrogen-bond acceptors (Lipinski definition) is 6. The van der Waals surface area contributed by atoms with E-state index >= 15 is 0 Å². The molecule has 3 aromatic rings. The highest BCUT2D eigenvalue weighted by molar-refractivity contribution is 7.09. The van der Waals surface area contributed by atoms with Gasteiger partial charge in [0.05, 0.1) is 13.2 Å². The summed E-state index contributed by atoms with van der Waals surface area (Å²) in [5, 5.41) is 4.40. The molecule has 2 aromatic carbocycles. The Balaban J connectivity index is 1.18. The van der Waals surface area contributed by atoms with Crippen molar-refractivity contribution in [1.82, 2.24) is 19.6 Å². The van der Waals surface area contributed by atoms with E-state index in [9.17, 15) is 14.4 Å². The molecule has 32 heavy (non-hydrogen) atoms. The molecule has 2 saturated heterocycles. The van der Waals surface area contributed by atoms with E-state index in [0.29, 0.717) is 0 Å². The van der Waals surface area contributed by atoms with Crippen LogP contribution in [0.15, 0.2) is 60.0 Å². The number of urea groups is 1. The normalized spacial score (nSPS) is 18.3. The number of hydrogen-bond donors (Lipinski definition) is 0. The predicted molar refractivity (Wildman–Crippen MR) is 123 cm³/mol. The summed E-state index contributed by atoms with van der Waals surface area (Å²) in [5.74, 6) is -1.47. The number of imide groups is 2. The highest BCUT2D eigenvalue weighted by Gasteiger charge is 2.45. The Labute approximate surface area is 190 Å².